The normalized spacial score (nSPS) is 17.3. The minimum Gasteiger partial charge on any atom is -0.342 e. The number of hydrogen-bond acceptors (Lipinski definition) is 7. The maximum atomic E-state index is 13.0. The molecule has 2 aliphatic rings. The van der Waals surface area contributed by atoms with Gasteiger partial charge in [-0.2, -0.15) is 0 Å². The van der Waals surface area contributed by atoms with E-state index in [9.17, 15) is 13.2 Å². The molecule has 0 radical (unpaired) electrons. The van der Waals surface area contributed by atoms with Crippen molar-refractivity contribution in [3.05, 3.63) is 78.0 Å². The Bertz CT molecular complexity index is 1650. The number of aromatic nitrogens is 3. The number of carbonyl (C=O) groups excluding carboxylic acids is 1. The van der Waals surface area contributed by atoms with Gasteiger partial charge < -0.3 is 15.1 Å². The van der Waals surface area contributed by atoms with Crippen LogP contribution in [0.25, 0.3) is 16.8 Å². The zero-order valence-corrected chi connectivity index (χ0v) is 25.6. The smallest absolute Gasteiger partial charge is 0.245 e. The van der Waals surface area contributed by atoms with Gasteiger partial charge in [-0.3, -0.25) is 4.79 Å². The maximum Gasteiger partial charge on any atom is 0.245 e. The van der Waals surface area contributed by atoms with E-state index >= 15 is 0 Å². The van der Waals surface area contributed by atoms with Crippen molar-refractivity contribution in [1.82, 2.24) is 28.7 Å². The van der Waals surface area contributed by atoms with Crippen molar-refractivity contribution < 1.29 is 13.2 Å². The molecule has 226 valence electrons. The fourth-order valence-electron chi connectivity index (χ4n) is 6.29. The zero-order chi connectivity index (χ0) is 29.9. The van der Waals surface area contributed by atoms with Crippen LogP contribution in [0.2, 0.25) is 0 Å². The van der Waals surface area contributed by atoms with Gasteiger partial charge in [0, 0.05) is 43.9 Å². The molecule has 2 aromatic carbocycles. The lowest BCUT2D eigenvalue weighted by Gasteiger charge is -2.36. The lowest BCUT2D eigenvalue weighted by Crippen LogP contribution is -2.44. The molecule has 2 saturated heterocycles. The highest BCUT2D eigenvalue weighted by molar-refractivity contribution is 7.69. The molecule has 11 heteroatoms. The second-order valence-corrected chi connectivity index (χ2v) is 12.9. The lowest BCUT2D eigenvalue weighted by molar-refractivity contribution is -0.138. The quantitative estimate of drug-likeness (QED) is 0.293. The van der Waals surface area contributed by atoms with Crippen molar-refractivity contribution in [3.8, 4) is 11.3 Å². The van der Waals surface area contributed by atoms with E-state index in [0.29, 0.717) is 17.8 Å². The second kappa shape index (κ2) is 12.8. The topological polar surface area (TPSA) is 103 Å². The predicted octanol–water partition coefficient (Wildman–Crippen LogP) is 4.15. The molecule has 2 aliphatic heterocycles. The number of nitrogens with zero attached hydrogens (tertiary/aromatic N) is 6. The summed E-state index contributed by atoms with van der Waals surface area (Å²) in [7, 11) is 1.03. The molecule has 1 N–H and O–H groups in total. The first kappa shape index (κ1) is 29.3. The van der Waals surface area contributed by atoms with Gasteiger partial charge in [-0.05, 0) is 87.1 Å². The first-order valence-corrected chi connectivity index (χ1v) is 16.1. The van der Waals surface area contributed by atoms with E-state index in [1.165, 1.54) is 9.87 Å². The molecular formula is C32H39N7O3S. The summed E-state index contributed by atoms with van der Waals surface area (Å²) in [6.45, 7) is 3.96. The number of hydrogen-bond donors (Lipinski definition) is 2. The number of anilines is 2. The number of thiol groups is 1. The van der Waals surface area contributed by atoms with Crippen LogP contribution < -0.4 is 5.32 Å². The number of benzene rings is 2. The van der Waals surface area contributed by atoms with E-state index in [2.05, 4.69) is 51.4 Å². The Kier molecular flexibility index (Phi) is 8.73. The summed E-state index contributed by atoms with van der Waals surface area (Å²) in [5.41, 5.74) is 5.70. The first-order chi connectivity index (χ1) is 20.9. The molecule has 1 amide bonds. The minimum atomic E-state index is -2.67. The van der Waals surface area contributed by atoms with Crippen molar-refractivity contribution in [1.29, 1.82) is 0 Å². The number of nitrogens with one attached hydrogen (secondary N) is 1. The van der Waals surface area contributed by atoms with Crippen LogP contribution in [0.5, 0.6) is 0 Å². The lowest BCUT2D eigenvalue weighted by atomic mass is 9.88. The number of piperidine rings is 2. The molecule has 2 aromatic heterocycles. The fraction of sp³-hybridized carbons (Fsp3) is 0.406. The number of fused-ring (bicyclic) bond motifs is 1. The van der Waals surface area contributed by atoms with Gasteiger partial charge in [0.25, 0.3) is 0 Å². The molecule has 10 nitrogen and oxygen atoms in total. The Hall–Kier alpha value is -3.80. The summed E-state index contributed by atoms with van der Waals surface area (Å²) in [5, 5.41) is 8.09. The van der Waals surface area contributed by atoms with Crippen LogP contribution in [-0.2, 0) is 22.2 Å². The van der Waals surface area contributed by atoms with E-state index in [1.54, 1.807) is 13.2 Å². The van der Waals surface area contributed by atoms with E-state index < -0.39 is 10.9 Å². The van der Waals surface area contributed by atoms with Crippen LogP contribution in [0.4, 0.5) is 11.6 Å². The second-order valence-electron chi connectivity index (χ2n) is 11.8. The highest BCUT2D eigenvalue weighted by atomic mass is 32.2. The molecule has 2 fully saturated rings. The van der Waals surface area contributed by atoms with Gasteiger partial charge in [0.2, 0.25) is 22.7 Å². The predicted molar refractivity (Wildman–Crippen MR) is 169 cm³/mol. The van der Waals surface area contributed by atoms with Gasteiger partial charge in [0.05, 0.1) is 17.4 Å². The molecule has 0 atom stereocenters. The average Bonchev–Trinajstić information content (AvgIpc) is 3.45. The van der Waals surface area contributed by atoms with Gasteiger partial charge in [-0.15, -0.1) is 5.10 Å². The van der Waals surface area contributed by atoms with Crippen LogP contribution in [0.15, 0.2) is 66.9 Å². The Morgan fingerprint density at radius 2 is 1.67 bits per heavy atom. The summed E-state index contributed by atoms with van der Waals surface area (Å²) in [5.74, 6) is 1.46. The van der Waals surface area contributed by atoms with Crippen LogP contribution in [0.3, 0.4) is 0 Å². The summed E-state index contributed by atoms with van der Waals surface area (Å²) in [6.07, 6.45) is 5.71. The third-order valence-corrected chi connectivity index (χ3v) is 9.58. The minimum absolute atomic E-state index is 0.190. The van der Waals surface area contributed by atoms with E-state index in [0.717, 1.165) is 79.9 Å². The monoisotopic (exact) mass is 601 g/mol. The summed E-state index contributed by atoms with van der Waals surface area (Å²) in [6, 6.07) is 20.1. The SMILES string of the molecule is CN1CCC(C(=O)N2CCC(c3ccc(Nc4ncc5ccc(-c6ccccc6CN(C)[SH](=O)=O)n5n4)cc3)CC2)CC1. The van der Waals surface area contributed by atoms with E-state index in [-0.39, 0.29) is 12.5 Å². The van der Waals surface area contributed by atoms with Gasteiger partial charge >= 0.3 is 0 Å². The molecule has 43 heavy (non-hydrogen) atoms. The van der Waals surface area contributed by atoms with Crippen LogP contribution >= 0.6 is 0 Å². The summed E-state index contributed by atoms with van der Waals surface area (Å²) in [4.78, 5) is 21.9. The zero-order valence-electron chi connectivity index (χ0n) is 24.7. The van der Waals surface area contributed by atoms with E-state index in [4.69, 9.17) is 5.10 Å². The standard InChI is InChI=1S/C32H39N7O3S/c1-36-17-13-25(14-18-36)31(40)38-19-15-24(16-20-38)23-7-9-27(10-8-23)34-32-33-21-28-11-12-30(39(28)35-32)29-6-4-3-5-26(29)22-37(2)43(41)42/h3-12,21,24-25,43H,13-20,22H2,1-2H3,(H,34,35). The molecule has 0 aliphatic carbocycles. The van der Waals surface area contributed by atoms with Gasteiger partial charge in [0.15, 0.2) is 0 Å². The summed E-state index contributed by atoms with van der Waals surface area (Å²) < 4.78 is 26.0. The fourth-order valence-corrected chi connectivity index (χ4v) is 6.56. The van der Waals surface area contributed by atoms with Crippen molar-refractivity contribution in [3.63, 3.8) is 0 Å². The third-order valence-electron chi connectivity index (χ3n) is 8.88. The van der Waals surface area contributed by atoms with Gasteiger partial charge in [0.1, 0.15) is 0 Å². The van der Waals surface area contributed by atoms with Gasteiger partial charge in [-0.1, -0.05) is 36.4 Å². The van der Waals surface area contributed by atoms with Crippen molar-refractivity contribution in [2.75, 3.05) is 45.6 Å². The van der Waals surface area contributed by atoms with Gasteiger partial charge in [-0.25, -0.2) is 22.2 Å². The van der Waals surface area contributed by atoms with Crippen LogP contribution in [0, 0.1) is 5.92 Å². The molecule has 4 heterocycles. The molecule has 6 rings (SSSR count). The first-order valence-electron chi connectivity index (χ1n) is 15.0. The number of rotatable bonds is 8. The molecular weight excluding hydrogens is 562 g/mol. The highest BCUT2D eigenvalue weighted by Crippen LogP contribution is 2.31. The molecule has 0 saturated carbocycles. The van der Waals surface area contributed by atoms with Crippen LogP contribution in [0.1, 0.15) is 42.7 Å². The molecule has 4 aromatic rings. The largest absolute Gasteiger partial charge is 0.342 e. The average molecular weight is 602 g/mol. The Balaban J connectivity index is 1.11. The number of amides is 1. The summed E-state index contributed by atoms with van der Waals surface area (Å²) >= 11 is 0. The Morgan fingerprint density at radius 3 is 2.40 bits per heavy atom. The molecule has 0 bridgehead atoms. The van der Waals surface area contributed by atoms with Crippen LogP contribution in [-0.4, -0.2) is 83.3 Å². The van der Waals surface area contributed by atoms with Crippen molar-refractivity contribution in [2.45, 2.75) is 38.1 Å². The third kappa shape index (κ3) is 6.58. The number of carbonyl (C=O) groups is 1. The Morgan fingerprint density at radius 1 is 0.953 bits per heavy atom. The van der Waals surface area contributed by atoms with Crippen molar-refractivity contribution >= 4 is 33.9 Å². The number of likely N-dealkylation sites (tertiary alicyclic amines) is 2. The van der Waals surface area contributed by atoms with Crippen molar-refractivity contribution in [2.24, 2.45) is 5.92 Å². The van der Waals surface area contributed by atoms with E-state index in [1.807, 2.05) is 40.9 Å². The maximum absolute atomic E-state index is 13.0. The molecule has 0 unspecified atom stereocenters. The molecule has 0 spiro atoms. The Labute approximate surface area is 254 Å². The highest BCUT2D eigenvalue weighted by Gasteiger charge is 2.30.